The van der Waals surface area contributed by atoms with E-state index in [0.717, 1.165) is 29.1 Å². The zero-order chi connectivity index (χ0) is 23.3. The van der Waals surface area contributed by atoms with Crippen molar-refractivity contribution in [3.8, 4) is 0 Å². The van der Waals surface area contributed by atoms with E-state index in [1.54, 1.807) is 0 Å². The van der Waals surface area contributed by atoms with E-state index in [-0.39, 0.29) is 17.3 Å². The number of nitro groups is 1. The van der Waals surface area contributed by atoms with Crippen LogP contribution < -0.4 is 5.32 Å². The molecule has 1 N–H and O–H groups in total. The van der Waals surface area contributed by atoms with Crippen LogP contribution in [-0.4, -0.2) is 27.9 Å². The number of benzene rings is 2. The predicted octanol–water partition coefficient (Wildman–Crippen LogP) is 4.93. The van der Waals surface area contributed by atoms with Crippen LogP contribution in [0.15, 0.2) is 63.1 Å². The summed E-state index contributed by atoms with van der Waals surface area (Å²) in [4.78, 5) is 40.6. The number of nitrogens with one attached hydrogen (secondary N) is 1. The smallest absolute Gasteiger partial charge is 0.339 e. The molecule has 10 heteroatoms. The van der Waals surface area contributed by atoms with E-state index in [4.69, 9.17) is 4.74 Å². The molecule has 0 aliphatic carbocycles. The average molecular weight is 472 g/mol. The van der Waals surface area contributed by atoms with Gasteiger partial charge in [0.05, 0.1) is 21.4 Å². The summed E-state index contributed by atoms with van der Waals surface area (Å²) in [5, 5.41) is 16.2. The van der Waals surface area contributed by atoms with Gasteiger partial charge in [0.1, 0.15) is 0 Å². The van der Waals surface area contributed by atoms with E-state index in [9.17, 15) is 19.7 Å². The van der Waals surface area contributed by atoms with Crippen LogP contribution in [0.3, 0.4) is 0 Å². The van der Waals surface area contributed by atoms with Crippen molar-refractivity contribution in [2.24, 2.45) is 0 Å². The Morgan fingerprint density at radius 3 is 2.53 bits per heavy atom. The minimum absolute atomic E-state index is 0.00729. The molecular weight excluding hydrogens is 450 g/mol. The van der Waals surface area contributed by atoms with E-state index in [1.807, 2.05) is 49.6 Å². The molecule has 0 saturated carbocycles. The van der Waals surface area contributed by atoms with Gasteiger partial charge in [0.2, 0.25) is 0 Å². The first-order chi connectivity index (χ1) is 15.2. The van der Waals surface area contributed by atoms with Crippen LogP contribution in [0.1, 0.15) is 41.5 Å². The summed E-state index contributed by atoms with van der Waals surface area (Å²) < 4.78 is 5.91. The molecule has 0 aliphatic rings. The second-order valence-electron chi connectivity index (χ2n) is 6.98. The van der Waals surface area contributed by atoms with E-state index < -0.39 is 22.9 Å². The van der Waals surface area contributed by atoms with Crippen LogP contribution in [0.4, 0.5) is 5.69 Å². The quantitative estimate of drug-likeness (QED) is 0.281. The Morgan fingerprint density at radius 1 is 1.19 bits per heavy atom. The van der Waals surface area contributed by atoms with Crippen LogP contribution in [0, 0.1) is 17.0 Å². The van der Waals surface area contributed by atoms with E-state index in [1.165, 1.54) is 30.4 Å². The van der Waals surface area contributed by atoms with Gasteiger partial charge in [-0.2, -0.15) is 0 Å². The fraction of sp³-hybridized carbons (Fsp3) is 0.227. The van der Waals surface area contributed by atoms with Crippen LogP contribution in [0.5, 0.6) is 0 Å². The molecule has 3 aromatic rings. The summed E-state index contributed by atoms with van der Waals surface area (Å²) in [5.41, 5.74) is 1.51. The Morgan fingerprint density at radius 2 is 1.91 bits per heavy atom. The van der Waals surface area contributed by atoms with Crippen LogP contribution >= 0.6 is 23.1 Å². The van der Waals surface area contributed by atoms with Crippen molar-refractivity contribution in [2.75, 3.05) is 0 Å². The van der Waals surface area contributed by atoms with Crippen molar-refractivity contribution in [1.29, 1.82) is 0 Å². The van der Waals surface area contributed by atoms with Crippen molar-refractivity contribution in [3.63, 3.8) is 0 Å². The number of carbonyl (C=O) groups excluding carboxylic acids is 2. The molecule has 2 aromatic carbocycles. The summed E-state index contributed by atoms with van der Waals surface area (Å²) in [6.07, 6.45) is -1.07. The van der Waals surface area contributed by atoms with E-state index in [0.29, 0.717) is 9.24 Å². The predicted molar refractivity (Wildman–Crippen MR) is 122 cm³/mol. The van der Waals surface area contributed by atoms with E-state index in [2.05, 4.69) is 10.3 Å². The van der Waals surface area contributed by atoms with E-state index >= 15 is 0 Å². The minimum atomic E-state index is -1.07. The number of hydrogen-bond acceptors (Lipinski definition) is 8. The number of thiazole rings is 1. The Kier molecular flexibility index (Phi) is 7.60. The van der Waals surface area contributed by atoms with Gasteiger partial charge in [0, 0.05) is 17.1 Å². The molecule has 1 aromatic heterocycles. The molecule has 3 rings (SSSR count). The van der Waals surface area contributed by atoms with Crippen molar-refractivity contribution in [1.82, 2.24) is 10.3 Å². The highest BCUT2D eigenvalue weighted by atomic mass is 32.2. The number of hydrogen-bond donors (Lipinski definition) is 1. The van der Waals surface area contributed by atoms with Crippen molar-refractivity contribution in [3.05, 3.63) is 80.8 Å². The van der Waals surface area contributed by atoms with Crippen LogP contribution in [0.25, 0.3) is 0 Å². The first-order valence-electron chi connectivity index (χ1n) is 9.69. The SMILES string of the molecule is Cc1csc(Sc2ccc(C(=O)OC(C)C(=O)NC(C)c3ccccc3)cc2[N+](=O)[O-])n1. The Labute approximate surface area is 193 Å². The molecule has 1 amide bonds. The number of aryl methyl sites for hydroxylation is 1. The molecule has 0 saturated heterocycles. The van der Waals surface area contributed by atoms with Gasteiger partial charge >= 0.3 is 5.97 Å². The molecule has 0 bridgehead atoms. The Hall–Kier alpha value is -3.24. The summed E-state index contributed by atoms with van der Waals surface area (Å²) in [7, 11) is 0. The molecule has 32 heavy (non-hydrogen) atoms. The van der Waals surface area contributed by atoms with Gasteiger partial charge in [-0.1, -0.05) is 42.1 Å². The molecule has 0 spiro atoms. The Balaban J connectivity index is 1.67. The average Bonchev–Trinajstić information content (AvgIpc) is 3.18. The summed E-state index contributed by atoms with van der Waals surface area (Å²) >= 11 is 2.54. The lowest BCUT2D eigenvalue weighted by atomic mass is 10.1. The zero-order valence-corrected chi connectivity index (χ0v) is 19.2. The molecule has 0 fully saturated rings. The highest BCUT2D eigenvalue weighted by Gasteiger charge is 2.24. The fourth-order valence-corrected chi connectivity index (χ4v) is 4.66. The number of carbonyl (C=O) groups is 2. The number of aromatic nitrogens is 1. The van der Waals surface area contributed by atoms with Crippen molar-refractivity contribution in [2.45, 2.75) is 42.2 Å². The Bertz CT molecular complexity index is 1130. The highest BCUT2D eigenvalue weighted by molar-refractivity contribution is 8.01. The molecule has 0 aliphatic heterocycles. The summed E-state index contributed by atoms with van der Waals surface area (Å²) in [5.74, 6) is -1.28. The maximum atomic E-state index is 12.5. The first-order valence-corrected chi connectivity index (χ1v) is 11.4. The lowest BCUT2D eigenvalue weighted by Gasteiger charge is -2.18. The fourth-order valence-electron chi connectivity index (χ4n) is 2.78. The monoisotopic (exact) mass is 471 g/mol. The van der Waals surface area contributed by atoms with Crippen molar-refractivity contribution < 1.29 is 19.2 Å². The number of nitro benzene ring substituents is 1. The van der Waals surface area contributed by atoms with Gasteiger partial charge in [-0.25, -0.2) is 9.78 Å². The third kappa shape index (κ3) is 5.92. The molecule has 2 unspecified atom stereocenters. The lowest BCUT2D eigenvalue weighted by molar-refractivity contribution is -0.387. The van der Waals surface area contributed by atoms with Gasteiger partial charge in [-0.3, -0.25) is 14.9 Å². The summed E-state index contributed by atoms with van der Waals surface area (Å²) in [6.45, 7) is 5.12. The van der Waals surface area contributed by atoms with Gasteiger partial charge in [0.25, 0.3) is 11.6 Å². The van der Waals surface area contributed by atoms with Gasteiger partial charge in [-0.05, 0) is 38.5 Å². The van der Waals surface area contributed by atoms with Gasteiger partial charge in [-0.15, -0.1) is 11.3 Å². The molecule has 166 valence electrons. The normalized spacial score (nSPS) is 12.6. The molecule has 8 nitrogen and oxygen atoms in total. The molecular formula is C22H21N3O5S2. The second-order valence-corrected chi connectivity index (χ2v) is 9.13. The molecule has 2 atom stereocenters. The first kappa shape index (κ1) is 23.4. The largest absolute Gasteiger partial charge is 0.449 e. The zero-order valence-electron chi connectivity index (χ0n) is 17.6. The molecule has 1 heterocycles. The third-order valence-electron chi connectivity index (χ3n) is 4.50. The third-order valence-corrected chi connectivity index (χ3v) is 6.62. The number of ether oxygens (including phenoxy) is 1. The maximum absolute atomic E-state index is 12.5. The summed E-state index contributed by atoms with van der Waals surface area (Å²) in [6, 6.07) is 13.2. The maximum Gasteiger partial charge on any atom is 0.339 e. The van der Waals surface area contributed by atoms with Gasteiger partial charge < -0.3 is 10.1 Å². The standard InChI is InChI=1S/C22H21N3O5S2/c1-13-12-31-22(23-13)32-19-10-9-17(11-18(19)25(28)29)21(27)30-15(3)20(26)24-14(2)16-7-5-4-6-8-16/h4-12,14-15H,1-3H3,(H,24,26). The lowest BCUT2D eigenvalue weighted by Crippen LogP contribution is -2.37. The van der Waals surface area contributed by atoms with Crippen LogP contribution in [0.2, 0.25) is 0 Å². The van der Waals surface area contributed by atoms with Crippen molar-refractivity contribution >= 4 is 40.7 Å². The second kappa shape index (κ2) is 10.4. The highest BCUT2D eigenvalue weighted by Crippen LogP contribution is 2.37. The van der Waals surface area contributed by atoms with Crippen LogP contribution in [-0.2, 0) is 9.53 Å². The number of rotatable bonds is 8. The number of nitrogens with zero attached hydrogens (tertiary/aromatic N) is 2. The van der Waals surface area contributed by atoms with Gasteiger partial charge in [0.15, 0.2) is 10.4 Å². The number of esters is 1. The minimum Gasteiger partial charge on any atom is -0.449 e. The number of amides is 1. The topological polar surface area (TPSA) is 111 Å². The molecule has 0 radical (unpaired) electrons.